The van der Waals surface area contributed by atoms with Crippen molar-refractivity contribution in [2.75, 3.05) is 26.7 Å². The summed E-state index contributed by atoms with van der Waals surface area (Å²) in [6, 6.07) is 6.01. The van der Waals surface area contributed by atoms with Crippen LogP contribution < -0.4 is 4.90 Å². The quantitative estimate of drug-likeness (QED) is 0.407. The highest BCUT2D eigenvalue weighted by atomic mass is 16.6. The number of nitrogens with one attached hydrogen (secondary N) is 1. The van der Waals surface area contributed by atoms with Crippen LogP contribution in [0.5, 0.6) is 0 Å². The molecule has 172 valence electrons. The number of rotatable bonds is 6. The predicted octanol–water partition coefficient (Wildman–Crippen LogP) is 1.83. The number of hydrogen-bond donors (Lipinski definition) is 1. The Labute approximate surface area is 187 Å². The Morgan fingerprint density at radius 1 is 1.31 bits per heavy atom. The summed E-state index contributed by atoms with van der Waals surface area (Å²) in [7, 11) is 2.06. The van der Waals surface area contributed by atoms with Crippen LogP contribution in [0.3, 0.4) is 0 Å². The Bertz CT molecular complexity index is 970. The molecule has 9 nitrogen and oxygen atoms in total. The van der Waals surface area contributed by atoms with E-state index in [4.69, 9.17) is 9.47 Å². The van der Waals surface area contributed by atoms with Gasteiger partial charge in [0.15, 0.2) is 6.10 Å². The number of nitrogens with zero attached hydrogens (tertiary/aromatic N) is 2. The molecule has 1 fully saturated rings. The number of aliphatic imine (C=N–C) groups is 1. The molecular formula is C23H30N3O6+. The maximum absolute atomic E-state index is 13.4. The van der Waals surface area contributed by atoms with E-state index in [2.05, 4.69) is 12.0 Å². The van der Waals surface area contributed by atoms with Crippen LogP contribution >= 0.6 is 0 Å². The van der Waals surface area contributed by atoms with Gasteiger partial charge in [-0.3, -0.25) is 19.9 Å². The molecule has 2 aliphatic rings. The lowest BCUT2D eigenvalue weighted by Gasteiger charge is -2.33. The highest BCUT2D eigenvalue weighted by molar-refractivity contribution is 6.07. The van der Waals surface area contributed by atoms with E-state index in [1.54, 1.807) is 32.9 Å². The van der Waals surface area contributed by atoms with Gasteiger partial charge in [0.2, 0.25) is 0 Å². The molecule has 0 spiro atoms. The van der Waals surface area contributed by atoms with Gasteiger partial charge in [0.05, 0.1) is 30.7 Å². The fraction of sp³-hybridized carbons (Fsp3) is 0.522. The van der Waals surface area contributed by atoms with Crippen LogP contribution in [0.4, 0.5) is 5.69 Å². The second-order valence-corrected chi connectivity index (χ2v) is 8.39. The fourth-order valence-electron chi connectivity index (χ4n) is 4.57. The molecule has 2 unspecified atom stereocenters. The fourth-order valence-corrected chi connectivity index (χ4v) is 4.57. The van der Waals surface area contributed by atoms with Crippen molar-refractivity contribution in [2.45, 2.75) is 45.6 Å². The lowest BCUT2D eigenvalue weighted by atomic mass is 9.75. The first-order valence-corrected chi connectivity index (χ1v) is 10.9. The van der Waals surface area contributed by atoms with Crippen molar-refractivity contribution >= 4 is 23.3 Å². The van der Waals surface area contributed by atoms with Gasteiger partial charge in [0.25, 0.3) is 5.69 Å². The van der Waals surface area contributed by atoms with Crippen LogP contribution in [-0.2, 0) is 19.1 Å². The monoisotopic (exact) mass is 444 g/mol. The summed E-state index contributed by atoms with van der Waals surface area (Å²) in [5.74, 6) is -2.72. The van der Waals surface area contributed by atoms with E-state index in [-0.39, 0.29) is 24.0 Å². The first kappa shape index (κ1) is 23.6. The third-order valence-corrected chi connectivity index (χ3v) is 6.01. The van der Waals surface area contributed by atoms with E-state index in [9.17, 15) is 19.7 Å². The first-order valence-electron chi connectivity index (χ1n) is 10.9. The van der Waals surface area contributed by atoms with Crippen molar-refractivity contribution in [3.8, 4) is 0 Å². The van der Waals surface area contributed by atoms with Gasteiger partial charge in [-0.15, -0.1) is 0 Å². The number of non-ortho nitro benzene ring substituents is 1. The standard InChI is InChI=1S/C23H29N3O6/c1-5-31-22(27)19-14(2)24-15(3)20(23(28)32-18-10-7-11-25(4)13-18)21(19)16-8-6-9-17(12-16)26(29)30/h6,8-9,12,18-19,21H,5,7,10-11,13H2,1-4H3/p+1/t18-,19?,21-/m1/s1. The molecule has 4 atom stereocenters. The number of carbonyl (C=O) groups is 2. The minimum atomic E-state index is -0.872. The Morgan fingerprint density at radius 2 is 2.06 bits per heavy atom. The van der Waals surface area contributed by atoms with E-state index in [1.807, 2.05) is 0 Å². The zero-order valence-corrected chi connectivity index (χ0v) is 18.9. The van der Waals surface area contributed by atoms with Gasteiger partial charge in [-0.2, -0.15) is 0 Å². The maximum atomic E-state index is 13.4. The predicted molar refractivity (Wildman–Crippen MR) is 118 cm³/mol. The summed E-state index contributed by atoms with van der Waals surface area (Å²) in [5, 5.41) is 11.4. The minimum absolute atomic E-state index is 0.117. The number of allylic oxidation sites excluding steroid dienone is 1. The number of carbonyl (C=O) groups excluding carboxylic acids is 2. The smallest absolute Gasteiger partial charge is 0.337 e. The zero-order chi connectivity index (χ0) is 23.4. The minimum Gasteiger partial charge on any atom is -0.465 e. The van der Waals surface area contributed by atoms with Gasteiger partial charge in [0.1, 0.15) is 12.5 Å². The van der Waals surface area contributed by atoms with Crippen LogP contribution in [0.15, 0.2) is 40.5 Å². The third kappa shape index (κ3) is 5.04. The molecule has 1 N–H and O–H groups in total. The van der Waals surface area contributed by atoms with E-state index in [0.717, 1.165) is 19.4 Å². The SMILES string of the molecule is CCOC(=O)C1C(C)=NC(C)=C(C(=O)O[C@@H]2CCC[NH+](C)C2)[C@@H]1c1cccc([N+](=O)[O-])c1. The molecule has 2 aliphatic heterocycles. The van der Waals surface area contributed by atoms with Crippen molar-refractivity contribution in [3.05, 3.63) is 51.2 Å². The summed E-state index contributed by atoms with van der Waals surface area (Å²) in [4.78, 5) is 42.9. The summed E-state index contributed by atoms with van der Waals surface area (Å²) < 4.78 is 11.1. The van der Waals surface area contributed by atoms with Gasteiger partial charge < -0.3 is 14.4 Å². The average molecular weight is 445 g/mol. The van der Waals surface area contributed by atoms with Gasteiger partial charge in [0, 0.05) is 35.9 Å². The van der Waals surface area contributed by atoms with E-state index < -0.39 is 28.7 Å². The number of hydrogen-bond acceptors (Lipinski definition) is 7. The normalized spacial score (nSPS) is 25.7. The highest BCUT2D eigenvalue weighted by Gasteiger charge is 2.43. The molecule has 0 bridgehead atoms. The number of ether oxygens (including phenoxy) is 2. The van der Waals surface area contributed by atoms with Crippen molar-refractivity contribution in [2.24, 2.45) is 10.9 Å². The van der Waals surface area contributed by atoms with Crippen molar-refractivity contribution in [3.63, 3.8) is 0 Å². The first-order chi connectivity index (χ1) is 15.2. The van der Waals surface area contributed by atoms with Gasteiger partial charge in [-0.25, -0.2) is 4.79 Å². The molecule has 9 heteroatoms. The van der Waals surface area contributed by atoms with Crippen molar-refractivity contribution < 1.29 is 28.9 Å². The maximum Gasteiger partial charge on any atom is 0.337 e. The molecule has 1 saturated heterocycles. The number of nitro benzene ring substituents is 1. The molecule has 1 aromatic rings. The largest absolute Gasteiger partial charge is 0.465 e. The molecule has 0 aliphatic carbocycles. The lowest BCUT2D eigenvalue weighted by molar-refractivity contribution is -0.888. The van der Waals surface area contributed by atoms with Gasteiger partial charge >= 0.3 is 11.9 Å². The summed E-state index contributed by atoms with van der Waals surface area (Å²) in [6.07, 6.45) is 1.51. The number of likely N-dealkylation sites (N-methyl/N-ethyl adjacent to an activating group) is 1. The number of piperidine rings is 1. The number of benzene rings is 1. The van der Waals surface area contributed by atoms with E-state index >= 15 is 0 Å². The molecular weight excluding hydrogens is 414 g/mol. The number of nitro groups is 1. The van der Waals surface area contributed by atoms with Crippen LogP contribution in [0.1, 0.15) is 45.1 Å². The summed E-state index contributed by atoms with van der Waals surface area (Å²) in [5.41, 5.74) is 1.55. The van der Waals surface area contributed by atoms with E-state index in [0.29, 0.717) is 23.5 Å². The van der Waals surface area contributed by atoms with Crippen molar-refractivity contribution in [1.29, 1.82) is 0 Å². The Hall–Kier alpha value is -3.07. The third-order valence-electron chi connectivity index (χ3n) is 6.01. The van der Waals surface area contributed by atoms with Crippen LogP contribution in [-0.4, -0.2) is 55.4 Å². The zero-order valence-electron chi connectivity index (χ0n) is 18.9. The van der Waals surface area contributed by atoms with Crippen LogP contribution in [0.25, 0.3) is 0 Å². The Kier molecular flexibility index (Phi) is 7.40. The van der Waals surface area contributed by atoms with Crippen LogP contribution in [0, 0.1) is 16.0 Å². The molecule has 3 rings (SSSR count). The molecule has 32 heavy (non-hydrogen) atoms. The average Bonchev–Trinajstić information content (AvgIpc) is 2.73. The second kappa shape index (κ2) is 10.0. The molecule has 1 aromatic carbocycles. The molecule has 0 saturated carbocycles. The molecule has 0 radical (unpaired) electrons. The number of esters is 2. The highest BCUT2D eigenvalue weighted by Crippen LogP contribution is 2.41. The summed E-state index contributed by atoms with van der Waals surface area (Å²) in [6.45, 7) is 7.02. The number of likely N-dealkylation sites (tertiary alicyclic amines) is 1. The number of quaternary nitrogens is 1. The molecule has 0 amide bonds. The topological polar surface area (TPSA) is 113 Å². The lowest BCUT2D eigenvalue weighted by Crippen LogP contribution is -3.11. The molecule has 0 aromatic heterocycles. The van der Waals surface area contributed by atoms with Gasteiger partial charge in [-0.1, -0.05) is 12.1 Å². The van der Waals surface area contributed by atoms with Crippen molar-refractivity contribution in [1.82, 2.24) is 0 Å². The van der Waals surface area contributed by atoms with E-state index in [1.165, 1.54) is 17.0 Å². The Balaban J connectivity index is 2.05. The Morgan fingerprint density at radius 3 is 2.72 bits per heavy atom. The second-order valence-electron chi connectivity index (χ2n) is 8.39. The molecule has 2 heterocycles. The summed E-state index contributed by atoms with van der Waals surface area (Å²) >= 11 is 0. The van der Waals surface area contributed by atoms with Crippen LogP contribution in [0.2, 0.25) is 0 Å². The van der Waals surface area contributed by atoms with Gasteiger partial charge in [-0.05, 0) is 32.8 Å².